The van der Waals surface area contributed by atoms with Crippen molar-refractivity contribution in [3.8, 4) is 0 Å². The molecule has 5 heteroatoms. The van der Waals surface area contributed by atoms with Gasteiger partial charge in [-0.3, -0.25) is 0 Å². The van der Waals surface area contributed by atoms with Gasteiger partial charge in [0.05, 0.1) is 5.01 Å². The van der Waals surface area contributed by atoms with Crippen molar-refractivity contribution >= 4 is 27.3 Å². The fraction of sp³-hybridized carbons (Fsp3) is 0.308. The molecular formula is C13H14BrFN2S. The van der Waals surface area contributed by atoms with Gasteiger partial charge in [-0.1, -0.05) is 15.9 Å². The summed E-state index contributed by atoms with van der Waals surface area (Å²) in [5, 5.41) is 4.36. The number of hydrogen-bond donors (Lipinski definition) is 1. The number of thiazole rings is 1. The van der Waals surface area contributed by atoms with Crippen LogP contribution >= 0.6 is 27.3 Å². The first-order valence-corrected chi connectivity index (χ1v) is 7.27. The number of hydrogen-bond acceptors (Lipinski definition) is 3. The van der Waals surface area contributed by atoms with E-state index in [0.717, 1.165) is 14.4 Å². The topological polar surface area (TPSA) is 24.9 Å². The third-order valence-corrected chi connectivity index (χ3v) is 4.08. The Kier molecular flexibility index (Phi) is 4.48. The van der Waals surface area contributed by atoms with Gasteiger partial charge in [0, 0.05) is 33.7 Å². The number of nitrogens with one attached hydrogen (secondary N) is 1. The molecular weight excluding hydrogens is 315 g/mol. The second-order valence-electron chi connectivity index (χ2n) is 4.11. The molecule has 0 saturated heterocycles. The van der Waals surface area contributed by atoms with Gasteiger partial charge in [-0.15, -0.1) is 11.3 Å². The van der Waals surface area contributed by atoms with Gasteiger partial charge >= 0.3 is 0 Å². The molecule has 0 aliphatic carbocycles. The maximum Gasteiger partial charge on any atom is 0.128 e. The van der Waals surface area contributed by atoms with Crippen LogP contribution < -0.4 is 5.32 Å². The fourth-order valence-electron chi connectivity index (χ4n) is 1.70. The van der Waals surface area contributed by atoms with E-state index < -0.39 is 0 Å². The molecule has 0 aliphatic heterocycles. The number of rotatable bonds is 4. The molecule has 2 nitrogen and oxygen atoms in total. The van der Waals surface area contributed by atoms with Crippen LogP contribution in [0, 0.1) is 12.7 Å². The van der Waals surface area contributed by atoms with E-state index in [2.05, 4.69) is 26.2 Å². The van der Waals surface area contributed by atoms with Gasteiger partial charge < -0.3 is 5.32 Å². The number of benzene rings is 1. The van der Waals surface area contributed by atoms with E-state index in [0.29, 0.717) is 12.1 Å². The monoisotopic (exact) mass is 328 g/mol. The molecule has 1 aromatic carbocycles. The first-order chi connectivity index (χ1) is 8.56. The van der Waals surface area contributed by atoms with E-state index in [1.807, 2.05) is 26.1 Å². The van der Waals surface area contributed by atoms with E-state index in [1.165, 1.54) is 6.07 Å². The molecule has 2 rings (SSSR count). The highest BCUT2D eigenvalue weighted by atomic mass is 79.9. The summed E-state index contributed by atoms with van der Waals surface area (Å²) < 4.78 is 14.6. The minimum atomic E-state index is -0.182. The Labute approximate surface area is 118 Å². The average molecular weight is 329 g/mol. The van der Waals surface area contributed by atoms with Crippen LogP contribution in [0.4, 0.5) is 4.39 Å². The van der Waals surface area contributed by atoms with E-state index >= 15 is 0 Å². The Morgan fingerprint density at radius 1 is 1.50 bits per heavy atom. The summed E-state index contributed by atoms with van der Waals surface area (Å²) in [5.41, 5.74) is 0.672. The van der Waals surface area contributed by atoms with Crippen LogP contribution in [0.2, 0.25) is 0 Å². The van der Waals surface area contributed by atoms with Crippen molar-refractivity contribution in [2.24, 2.45) is 0 Å². The third kappa shape index (κ3) is 3.37. The van der Waals surface area contributed by atoms with E-state index in [9.17, 15) is 4.39 Å². The minimum absolute atomic E-state index is 0.0371. The van der Waals surface area contributed by atoms with Crippen LogP contribution in [-0.4, -0.2) is 4.98 Å². The fourth-order valence-corrected chi connectivity index (χ4v) is 2.82. The molecule has 0 radical (unpaired) electrons. The summed E-state index contributed by atoms with van der Waals surface area (Å²) in [6, 6.07) is 4.96. The van der Waals surface area contributed by atoms with Crippen LogP contribution in [0.3, 0.4) is 0 Å². The zero-order valence-corrected chi connectivity index (χ0v) is 12.6. The molecule has 0 spiro atoms. The van der Waals surface area contributed by atoms with Crippen LogP contribution in [0.1, 0.15) is 28.4 Å². The second-order valence-corrected chi connectivity index (χ2v) is 6.35. The average Bonchev–Trinajstić information content (AvgIpc) is 2.75. The zero-order valence-electron chi connectivity index (χ0n) is 10.2. The Bertz CT molecular complexity index is 542. The molecule has 1 aromatic heterocycles. The lowest BCUT2D eigenvalue weighted by Crippen LogP contribution is -2.18. The molecule has 0 saturated carbocycles. The van der Waals surface area contributed by atoms with Crippen LogP contribution in [0.25, 0.3) is 0 Å². The van der Waals surface area contributed by atoms with Crippen molar-refractivity contribution in [2.45, 2.75) is 26.4 Å². The summed E-state index contributed by atoms with van der Waals surface area (Å²) in [5.74, 6) is -0.182. The summed E-state index contributed by atoms with van der Waals surface area (Å²) >= 11 is 5.02. The predicted molar refractivity (Wildman–Crippen MR) is 76.2 cm³/mol. The summed E-state index contributed by atoms with van der Waals surface area (Å²) in [4.78, 5) is 5.36. The molecule has 2 aromatic rings. The maximum absolute atomic E-state index is 13.7. The largest absolute Gasteiger partial charge is 0.305 e. The molecule has 1 heterocycles. The van der Waals surface area contributed by atoms with Crippen LogP contribution in [0.15, 0.2) is 28.9 Å². The molecule has 1 unspecified atom stereocenters. The van der Waals surface area contributed by atoms with Gasteiger partial charge in [-0.25, -0.2) is 9.37 Å². The van der Waals surface area contributed by atoms with Crippen molar-refractivity contribution < 1.29 is 4.39 Å². The van der Waals surface area contributed by atoms with Crippen molar-refractivity contribution in [3.05, 3.63) is 50.1 Å². The standard InChI is InChI=1S/C13H14BrFN2S/c1-8(12-5-10(14)3-4-13(12)15)16-6-11-7-17-9(2)18-11/h3-5,7-8,16H,6H2,1-2H3. The van der Waals surface area contributed by atoms with Gasteiger partial charge in [0.15, 0.2) is 0 Å². The van der Waals surface area contributed by atoms with Gasteiger partial charge in [0.25, 0.3) is 0 Å². The lowest BCUT2D eigenvalue weighted by molar-refractivity contribution is 0.530. The molecule has 1 N–H and O–H groups in total. The molecule has 0 aliphatic rings. The van der Waals surface area contributed by atoms with E-state index in [1.54, 1.807) is 17.4 Å². The Hall–Kier alpha value is -0.780. The van der Waals surface area contributed by atoms with Crippen molar-refractivity contribution in [1.29, 1.82) is 0 Å². The third-order valence-electron chi connectivity index (χ3n) is 2.68. The molecule has 18 heavy (non-hydrogen) atoms. The molecule has 96 valence electrons. The lowest BCUT2D eigenvalue weighted by atomic mass is 10.1. The minimum Gasteiger partial charge on any atom is -0.305 e. The van der Waals surface area contributed by atoms with Crippen molar-refractivity contribution in [1.82, 2.24) is 10.3 Å². The Morgan fingerprint density at radius 3 is 2.94 bits per heavy atom. The first kappa shape index (κ1) is 13.6. The highest BCUT2D eigenvalue weighted by Crippen LogP contribution is 2.22. The zero-order chi connectivity index (χ0) is 13.1. The number of halogens is 2. The summed E-state index contributed by atoms with van der Waals surface area (Å²) in [6.45, 7) is 4.64. The number of nitrogens with zero attached hydrogens (tertiary/aromatic N) is 1. The van der Waals surface area contributed by atoms with Crippen LogP contribution in [-0.2, 0) is 6.54 Å². The van der Waals surface area contributed by atoms with Gasteiger partial charge in [-0.05, 0) is 32.0 Å². The predicted octanol–water partition coefficient (Wildman–Crippen LogP) is 4.20. The van der Waals surface area contributed by atoms with E-state index in [-0.39, 0.29) is 11.9 Å². The molecule has 0 fully saturated rings. The first-order valence-electron chi connectivity index (χ1n) is 5.66. The van der Waals surface area contributed by atoms with Crippen molar-refractivity contribution in [3.63, 3.8) is 0 Å². The second kappa shape index (κ2) is 5.91. The highest BCUT2D eigenvalue weighted by molar-refractivity contribution is 9.10. The quantitative estimate of drug-likeness (QED) is 0.909. The van der Waals surface area contributed by atoms with Gasteiger partial charge in [0.1, 0.15) is 5.82 Å². The number of aromatic nitrogens is 1. The van der Waals surface area contributed by atoms with Crippen molar-refractivity contribution in [2.75, 3.05) is 0 Å². The SMILES string of the molecule is Cc1ncc(CNC(C)c2cc(Br)ccc2F)s1. The van der Waals surface area contributed by atoms with Gasteiger partial charge in [0.2, 0.25) is 0 Å². The van der Waals surface area contributed by atoms with Gasteiger partial charge in [-0.2, -0.15) is 0 Å². The highest BCUT2D eigenvalue weighted by Gasteiger charge is 2.11. The van der Waals surface area contributed by atoms with E-state index in [4.69, 9.17) is 0 Å². The normalized spacial score (nSPS) is 12.7. The molecule has 1 atom stereocenters. The number of aryl methyl sites for hydroxylation is 1. The maximum atomic E-state index is 13.7. The smallest absolute Gasteiger partial charge is 0.128 e. The molecule has 0 amide bonds. The van der Waals surface area contributed by atoms with Crippen LogP contribution in [0.5, 0.6) is 0 Å². The Balaban J connectivity index is 2.03. The Morgan fingerprint density at radius 2 is 2.28 bits per heavy atom. The summed E-state index contributed by atoms with van der Waals surface area (Å²) in [7, 11) is 0. The lowest BCUT2D eigenvalue weighted by Gasteiger charge is -2.14. The molecule has 0 bridgehead atoms. The summed E-state index contributed by atoms with van der Waals surface area (Å²) in [6.07, 6.45) is 1.86.